The molecule has 2 aliphatic heterocycles. The van der Waals surface area contributed by atoms with Crippen LogP contribution in [0.25, 0.3) is 0 Å². The average Bonchev–Trinajstić information content (AvgIpc) is 3.24. The van der Waals surface area contributed by atoms with Gasteiger partial charge in [-0.3, -0.25) is 14.4 Å². The number of carbonyl (C=O) groups is 4. The number of hydrogen-bond acceptors (Lipinski definition) is 5. The number of aliphatic carboxylic acids is 1. The minimum absolute atomic E-state index is 0.145. The fourth-order valence-electron chi connectivity index (χ4n) is 7.25. The molecule has 0 saturated carbocycles. The van der Waals surface area contributed by atoms with Gasteiger partial charge in [-0.05, 0) is 78.9 Å². The largest absolute Gasteiger partial charge is 0.478 e. The van der Waals surface area contributed by atoms with E-state index in [1.807, 2.05) is 13.8 Å². The molecule has 242 valence electrons. The molecular formula is C35H35Cl2FN2O6. The quantitative estimate of drug-likeness (QED) is 0.245. The third-order valence-corrected chi connectivity index (χ3v) is 9.59. The van der Waals surface area contributed by atoms with Crippen molar-refractivity contribution < 1.29 is 33.4 Å². The summed E-state index contributed by atoms with van der Waals surface area (Å²) in [6.07, 6.45) is 1.21. The zero-order chi connectivity index (χ0) is 33.6. The summed E-state index contributed by atoms with van der Waals surface area (Å²) in [6.45, 7) is 6.72. The van der Waals surface area contributed by atoms with Crippen molar-refractivity contribution in [1.82, 2.24) is 5.32 Å². The number of nitrogens with one attached hydrogen (secondary N) is 1. The van der Waals surface area contributed by atoms with Crippen LogP contribution in [0.1, 0.15) is 87.1 Å². The molecule has 0 aromatic heterocycles. The number of hydrogen-bond donors (Lipinski definition) is 2. The lowest BCUT2D eigenvalue weighted by Gasteiger charge is -2.47. The predicted octanol–water partition coefficient (Wildman–Crippen LogP) is 7.42. The summed E-state index contributed by atoms with van der Waals surface area (Å²) < 4.78 is 21.4. The van der Waals surface area contributed by atoms with Gasteiger partial charge in [-0.1, -0.05) is 62.0 Å². The van der Waals surface area contributed by atoms with Crippen molar-refractivity contribution in [3.8, 4) is 5.75 Å². The van der Waals surface area contributed by atoms with Gasteiger partial charge in [0.15, 0.2) is 0 Å². The minimum Gasteiger partial charge on any atom is -0.478 e. The van der Waals surface area contributed by atoms with E-state index < -0.39 is 52.5 Å². The Balaban J connectivity index is 1.87. The van der Waals surface area contributed by atoms with E-state index in [4.69, 9.17) is 27.9 Å². The van der Waals surface area contributed by atoms with Crippen LogP contribution < -0.4 is 15.0 Å². The molecule has 3 amide bonds. The van der Waals surface area contributed by atoms with Crippen LogP contribution in [-0.4, -0.2) is 34.4 Å². The highest BCUT2D eigenvalue weighted by molar-refractivity contribution is 6.32. The van der Waals surface area contributed by atoms with Crippen molar-refractivity contribution in [2.45, 2.75) is 82.8 Å². The first-order valence-corrected chi connectivity index (χ1v) is 16.0. The van der Waals surface area contributed by atoms with Gasteiger partial charge in [-0.15, -0.1) is 0 Å². The van der Waals surface area contributed by atoms with E-state index in [2.05, 4.69) is 5.32 Å². The lowest BCUT2D eigenvalue weighted by molar-refractivity contribution is -0.157. The number of imide groups is 1. The maximum atomic E-state index is 15.0. The summed E-state index contributed by atoms with van der Waals surface area (Å²) in [5, 5.41) is 13.9. The van der Waals surface area contributed by atoms with Crippen LogP contribution >= 0.6 is 23.2 Å². The Kier molecular flexibility index (Phi) is 9.21. The number of anilines is 1. The van der Waals surface area contributed by atoms with E-state index in [-0.39, 0.29) is 40.7 Å². The first-order chi connectivity index (χ1) is 21.8. The van der Waals surface area contributed by atoms with Crippen LogP contribution in [0.2, 0.25) is 10.0 Å². The molecule has 1 spiro atoms. The molecule has 8 nitrogen and oxygen atoms in total. The molecule has 1 fully saturated rings. The summed E-state index contributed by atoms with van der Waals surface area (Å²) in [6, 6.07) is 12.4. The van der Waals surface area contributed by atoms with Crippen LogP contribution in [-0.2, 0) is 24.6 Å². The number of halogens is 3. The number of amides is 3. The highest BCUT2D eigenvalue weighted by Gasteiger charge is 2.65. The number of aryl methyl sites for hydroxylation is 1. The molecule has 5 rings (SSSR count). The van der Waals surface area contributed by atoms with Gasteiger partial charge in [0.05, 0.1) is 11.7 Å². The first-order valence-electron chi connectivity index (χ1n) is 15.2. The van der Waals surface area contributed by atoms with E-state index in [9.17, 15) is 23.9 Å². The van der Waals surface area contributed by atoms with Crippen LogP contribution in [0, 0.1) is 12.7 Å². The molecule has 0 bridgehead atoms. The monoisotopic (exact) mass is 668 g/mol. The lowest BCUT2D eigenvalue weighted by atomic mass is 9.58. The Hall–Kier alpha value is -3.95. The van der Waals surface area contributed by atoms with Crippen molar-refractivity contribution in [2.75, 3.05) is 4.90 Å². The second-order valence-corrected chi connectivity index (χ2v) is 12.9. The zero-order valence-corrected chi connectivity index (χ0v) is 27.5. The van der Waals surface area contributed by atoms with E-state index >= 15 is 4.79 Å². The van der Waals surface area contributed by atoms with Gasteiger partial charge in [0, 0.05) is 34.9 Å². The maximum absolute atomic E-state index is 15.0. The van der Waals surface area contributed by atoms with Gasteiger partial charge in [0.2, 0.25) is 23.3 Å². The van der Waals surface area contributed by atoms with Crippen molar-refractivity contribution in [1.29, 1.82) is 0 Å². The summed E-state index contributed by atoms with van der Waals surface area (Å²) in [4.78, 5) is 55.6. The highest BCUT2D eigenvalue weighted by atomic mass is 35.5. The molecule has 0 radical (unpaired) electrons. The van der Waals surface area contributed by atoms with Crippen LogP contribution in [0.5, 0.6) is 5.75 Å². The number of benzene rings is 3. The van der Waals surface area contributed by atoms with Crippen molar-refractivity contribution in [3.63, 3.8) is 0 Å². The van der Waals surface area contributed by atoms with Crippen molar-refractivity contribution in [3.05, 3.63) is 92.7 Å². The molecular weight excluding hydrogens is 634 g/mol. The Morgan fingerprint density at radius 3 is 2.30 bits per heavy atom. The third kappa shape index (κ3) is 5.43. The summed E-state index contributed by atoms with van der Waals surface area (Å²) >= 11 is 13.0. The molecule has 11 heteroatoms. The topological polar surface area (TPSA) is 113 Å². The van der Waals surface area contributed by atoms with E-state index in [1.165, 1.54) is 25.1 Å². The average molecular weight is 670 g/mol. The lowest BCUT2D eigenvalue weighted by Crippen LogP contribution is -2.59. The van der Waals surface area contributed by atoms with Gasteiger partial charge in [-0.2, -0.15) is 0 Å². The Morgan fingerprint density at radius 1 is 1.02 bits per heavy atom. The van der Waals surface area contributed by atoms with Gasteiger partial charge in [-0.25, -0.2) is 14.1 Å². The fourth-order valence-corrected chi connectivity index (χ4v) is 7.59. The highest BCUT2D eigenvalue weighted by Crippen LogP contribution is 2.61. The number of fused-ring (bicyclic) bond motifs is 2. The molecule has 1 saturated heterocycles. The summed E-state index contributed by atoms with van der Waals surface area (Å²) in [5.74, 6) is -4.26. The zero-order valence-electron chi connectivity index (χ0n) is 26.0. The molecule has 3 aromatic carbocycles. The molecule has 0 aliphatic carbocycles. The SMILES string of the molecule is CCCC(CCC)(Oc1ccc(Cl)cc1[C@H]1CC(=O)N[C@@H](c2cc(F)ccc2C)[C@]12C(=O)N(C(C)=O)c1cc(Cl)ccc12)C(=O)O. The van der Waals surface area contributed by atoms with Crippen molar-refractivity contribution in [2.24, 2.45) is 0 Å². The normalized spacial score (nSPS) is 20.9. The molecule has 2 aliphatic rings. The molecule has 3 atom stereocenters. The number of nitrogens with zero attached hydrogens (tertiary/aromatic N) is 1. The number of carbonyl (C=O) groups excluding carboxylic acids is 3. The molecule has 0 unspecified atom stereocenters. The summed E-state index contributed by atoms with van der Waals surface area (Å²) in [5.41, 5.74) is -1.40. The second kappa shape index (κ2) is 12.7. The fraction of sp³-hybridized carbons (Fsp3) is 0.371. The maximum Gasteiger partial charge on any atom is 0.348 e. The number of carboxylic acid groups (broad SMARTS) is 1. The van der Waals surface area contributed by atoms with Gasteiger partial charge in [0.25, 0.3) is 0 Å². The third-order valence-electron chi connectivity index (χ3n) is 9.12. The molecule has 46 heavy (non-hydrogen) atoms. The number of ether oxygens (including phenoxy) is 1. The number of piperidine rings is 1. The van der Waals surface area contributed by atoms with Gasteiger partial charge < -0.3 is 15.2 Å². The first kappa shape index (κ1) is 33.4. The van der Waals surface area contributed by atoms with Gasteiger partial charge >= 0.3 is 5.97 Å². The van der Waals surface area contributed by atoms with E-state index in [0.717, 1.165) is 4.90 Å². The Morgan fingerprint density at radius 2 is 1.67 bits per heavy atom. The smallest absolute Gasteiger partial charge is 0.348 e. The van der Waals surface area contributed by atoms with Crippen molar-refractivity contribution >= 4 is 52.6 Å². The van der Waals surface area contributed by atoms with Gasteiger partial charge in [0.1, 0.15) is 17.0 Å². The number of rotatable bonds is 9. The van der Waals surface area contributed by atoms with Crippen LogP contribution in [0.15, 0.2) is 54.6 Å². The Bertz CT molecular complexity index is 1740. The molecule has 2 N–H and O–H groups in total. The predicted molar refractivity (Wildman–Crippen MR) is 173 cm³/mol. The summed E-state index contributed by atoms with van der Waals surface area (Å²) in [7, 11) is 0. The molecule has 2 heterocycles. The number of carboxylic acids is 1. The standard InChI is InChI=1S/C35H35Cl2FN2O6/c1-5-13-34(14-6-2,33(44)45)46-29-12-9-21(36)15-25(29)27-18-30(42)39-31(24-17-23(38)10-7-19(24)3)35(27)26-11-8-22(37)16-28(26)40(20(4)41)32(35)43/h7-12,15-17,27,31H,5-6,13-14,18H2,1-4H3,(H,39,42)(H,44,45)/t27-,31+,35-/m1/s1. The minimum atomic E-state index is -1.72. The Labute approximate surface area is 276 Å². The van der Waals surface area contributed by atoms with Crippen LogP contribution in [0.3, 0.4) is 0 Å². The second-order valence-electron chi connectivity index (χ2n) is 12.0. The van der Waals surface area contributed by atoms with E-state index in [0.29, 0.717) is 35.1 Å². The molecule has 3 aromatic rings. The van der Waals surface area contributed by atoms with Crippen LogP contribution in [0.4, 0.5) is 10.1 Å². The van der Waals surface area contributed by atoms with E-state index in [1.54, 1.807) is 43.3 Å².